The number of hydrogen-bond donors (Lipinski definition) is 0. The number of amides is 2. The van der Waals surface area contributed by atoms with Crippen LogP contribution in [-0.4, -0.2) is 24.4 Å². The summed E-state index contributed by atoms with van der Waals surface area (Å²) in [6.07, 6.45) is 8.91. The Hall–Kier alpha value is -1.95. The van der Waals surface area contributed by atoms with E-state index in [2.05, 4.69) is 12.2 Å². The Morgan fingerprint density at radius 2 is 1.81 bits per heavy atom. The Kier molecular flexibility index (Phi) is 3.61. The van der Waals surface area contributed by atoms with Crippen LogP contribution in [0.15, 0.2) is 12.2 Å². The predicted molar refractivity (Wildman–Crippen MR) is 97.1 cm³/mol. The molecule has 4 aliphatic rings. The molecule has 4 atom stereocenters. The minimum absolute atomic E-state index is 0.124. The fraction of sp³-hybridized carbons (Fsp3) is 0.550. The number of thiophene rings is 1. The standard InChI is InChI=1S/C20H21NO4S/c1-2-25-20(24)16-12-5-3-4-6-13(12)26-19(16)21-17(22)14-10-7-8-11(9-10)15(14)18(21)23/h7-8,10-11,14-15H,2-6,9H2,1H3/t10-,11-,14+,15+/m0/s1. The van der Waals surface area contributed by atoms with Crippen LogP contribution in [0.4, 0.5) is 5.00 Å². The molecule has 1 saturated carbocycles. The molecule has 1 aromatic rings. The van der Waals surface area contributed by atoms with E-state index in [-0.39, 0.29) is 42.1 Å². The topological polar surface area (TPSA) is 63.7 Å². The van der Waals surface area contributed by atoms with Crippen molar-refractivity contribution < 1.29 is 19.1 Å². The number of rotatable bonds is 3. The molecular weight excluding hydrogens is 350 g/mol. The third-order valence-corrected chi connectivity index (χ3v) is 7.58. The first-order valence-corrected chi connectivity index (χ1v) is 10.3. The van der Waals surface area contributed by atoms with Gasteiger partial charge in [-0.3, -0.25) is 9.59 Å². The molecule has 3 aliphatic carbocycles. The van der Waals surface area contributed by atoms with Gasteiger partial charge in [-0.15, -0.1) is 11.3 Å². The second-order valence-corrected chi connectivity index (χ2v) is 8.71. The molecule has 26 heavy (non-hydrogen) atoms. The van der Waals surface area contributed by atoms with Gasteiger partial charge in [0.2, 0.25) is 11.8 Å². The highest BCUT2D eigenvalue weighted by atomic mass is 32.1. The van der Waals surface area contributed by atoms with Crippen molar-refractivity contribution in [2.45, 2.75) is 39.0 Å². The fourth-order valence-corrected chi connectivity index (χ4v) is 6.61. The van der Waals surface area contributed by atoms with Gasteiger partial charge in [0, 0.05) is 4.88 Å². The van der Waals surface area contributed by atoms with Crippen LogP contribution in [0.25, 0.3) is 0 Å². The van der Waals surface area contributed by atoms with Crippen LogP contribution in [0.1, 0.15) is 47.0 Å². The van der Waals surface area contributed by atoms with Gasteiger partial charge in [0.1, 0.15) is 5.00 Å². The Balaban J connectivity index is 1.60. The van der Waals surface area contributed by atoms with E-state index in [1.165, 1.54) is 16.2 Å². The highest BCUT2D eigenvalue weighted by Crippen LogP contribution is 2.54. The van der Waals surface area contributed by atoms with E-state index in [0.717, 1.165) is 42.5 Å². The van der Waals surface area contributed by atoms with Crippen molar-refractivity contribution in [1.82, 2.24) is 0 Å². The molecule has 2 bridgehead atoms. The van der Waals surface area contributed by atoms with Crippen molar-refractivity contribution in [3.63, 3.8) is 0 Å². The van der Waals surface area contributed by atoms with Gasteiger partial charge in [-0.25, -0.2) is 9.69 Å². The summed E-state index contributed by atoms with van der Waals surface area (Å²) in [4.78, 5) is 41.5. The van der Waals surface area contributed by atoms with Crippen LogP contribution in [0.5, 0.6) is 0 Å². The highest BCUT2D eigenvalue weighted by molar-refractivity contribution is 7.17. The maximum atomic E-state index is 13.2. The molecule has 2 fully saturated rings. The number of anilines is 1. The SMILES string of the molecule is CCOC(=O)c1c(N2C(=O)[C@H]3[C@H](C2=O)[C@H]2C=C[C@H]3C2)sc2c1CCCC2. The summed E-state index contributed by atoms with van der Waals surface area (Å²) >= 11 is 1.45. The Morgan fingerprint density at radius 1 is 1.15 bits per heavy atom. The molecule has 0 aromatic carbocycles. The monoisotopic (exact) mass is 371 g/mol. The van der Waals surface area contributed by atoms with Crippen molar-refractivity contribution in [3.05, 3.63) is 28.2 Å². The fourth-order valence-electron chi connectivity index (χ4n) is 5.23. The van der Waals surface area contributed by atoms with E-state index >= 15 is 0 Å². The van der Waals surface area contributed by atoms with Crippen LogP contribution in [-0.2, 0) is 27.2 Å². The molecule has 0 radical (unpaired) electrons. The maximum Gasteiger partial charge on any atom is 0.341 e. The second kappa shape index (κ2) is 5.78. The number of ether oxygens (including phenoxy) is 1. The van der Waals surface area contributed by atoms with Crippen molar-refractivity contribution in [3.8, 4) is 0 Å². The first-order valence-electron chi connectivity index (χ1n) is 9.49. The first-order chi connectivity index (χ1) is 12.6. The molecule has 5 nitrogen and oxygen atoms in total. The first kappa shape index (κ1) is 16.2. The molecule has 0 N–H and O–H groups in total. The van der Waals surface area contributed by atoms with Gasteiger partial charge in [-0.1, -0.05) is 12.2 Å². The minimum Gasteiger partial charge on any atom is -0.462 e. The lowest BCUT2D eigenvalue weighted by Gasteiger charge is -2.17. The van der Waals surface area contributed by atoms with Gasteiger partial charge in [-0.05, 0) is 56.4 Å². The molecule has 2 amide bonds. The van der Waals surface area contributed by atoms with Crippen LogP contribution in [0.3, 0.4) is 0 Å². The van der Waals surface area contributed by atoms with Gasteiger partial charge in [0.05, 0.1) is 24.0 Å². The molecule has 6 heteroatoms. The zero-order chi connectivity index (χ0) is 18.0. The van der Waals surface area contributed by atoms with Gasteiger partial charge in [0.15, 0.2) is 0 Å². The lowest BCUT2D eigenvalue weighted by atomic mass is 9.85. The molecule has 0 spiro atoms. The Labute approximate surface area is 156 Å². The van der Waals surface area contributed by atoms with Gasteiger partial charge in [0.25, 0.3) is 0 Å². The molecule has 0 unspecified atom stereocenters. The van der Waals surface area contributed by atoms with E-state index < -0.39 is 5.97 Å². The average molecular weight is 371 g/mol. The van der Waals surface area contributed by atoms with E-state index in [4.69, 9.17) is 4.74 Å². The summed E-state index contributed by atoms with van der Waals surface area (Å²) in [5.74, 6) is -0.792. The van der Waals surface area contributed by atoms with Crippen molar-refractivity contribution in [1.29, 1.82) is 0 Å². The maximum absolute atomic E-state index is 13.2. The number of allylic oxidation sites excluding steroid dienone is 2. The molecule has 1 saturated heterocycles. The lowest BCUT2D eigenvalue weighted by molar-refractivity contribution is -0.123. The summed E-state index contributed by atoms with van der Waals surface area (Å²) in [5.41, 5.74) is 1.46. The highest BCUT2D eigenvalue weighted by Gasteiger charge is 2.60. The summed E-state index contributed by atoms with van der Waals surface area (Å²) < 4.78 is 5.28. The number of esters is 1. The van der Waals surface area contributed by atoms with Crippen LogP contribution in [0.2, 0.25) is 0 Å². The van der Waals surface area contributed by atoms with E-state index in [1.807, 2.05) is 0 Å². The van der Waals surface area contributed by atoms with Crippen LogP contribution in [0, 0.1) is 23.7 Å². The normalized spacial score (nSPS) is 31.5. The minimum atomic E-state index is -0.402. The number of imide groups is 1. The number of nitrogens with zero attached hydrogens (tertiary/aromatic N) is 1. The van der Waals surface area contributed by atoms with Gasteiger partial charge in [-0.2, -0.15) is 0 Å². The van der Waals surface area contributed by atoms with Crippen molar-refractivity contribution in [2.24, 2.45) is 23.7 Å². The molecule has 136 valence electrons. The largest absolute Gasteiger partial charge is 0.462 e. The third kappa shape index (κ3) is 2.05. The number of fused-ring (bicyclic) bond motifs is 6. The molecule has 2 heterocycles. The summed E-state index contributed by atoms with van der Waals surface area (Å²) in [6, 6.07) is 0. The second-order valence-electron chi connectivity index (χ2n) is 7.62. The molecular formula is C20H21NO4S. The zero-order valence-corrected chi connectivity index (χ0v) is 15.5. The van der Waals surface area contributed by atoms with E-state index in [1.54, 1.807) is 6.92 Å². The van der Waals surface area contributed by atoms with Gasteiger partial charge < -0.3 is 4.74 Å². The Bertz CT molecular complexity index is 824. The number of carbonyl (C=O) groups excluding carboxylic acids is 3. The van der Waals surface area contributed by atoms with E-state index in [0.29, 0.717) is 10.6 Å². The summed E-state index contributed by atoms with van der Waals surface area (Å²) in [7, 11) is 0. The molecule has 1 aromatic heterocycles. The lowest BCUT2D eigenvalue weighted by Crippen LogP contribution is -2.33. The van der Waals surface area contributed by atoms with Crippen molar-refractivity contribution >= 4 is 34.1 Å². The quantitative estimate of drug-likeness (QED) is 0.465. The van der Waals surface area contributed by atoms with Crippen LogP contribution < -0.4 is 4.90 Å². The van der Waals surface area contributed by atoms with Gasteiger partial charge >= 0.3 is 5.97 Å². The molecule has 1 aliphatic heterocycles. The smallest absolute Gasteiger partial charge is 0.341 e. The summed E-state index contributed by atoms with van der Waals surface area (Å²) in [5, 5.41) is 0.513. The Morgan fingerprint density at radius 3 is 2.46 bits per heavy atom. The average Bonchev–Trinajstić information content (AvgIpc) is 3.37. The predicted octanol–water partition coefficient (Wildman–Crippen LogP) is 3.12. The van der Waals surface area contributed by atoms with Crippen LogP contribution >= 0.6 is 11.3 Å². The third-order valence-electron chi connectivity index (χ3n) is 6.31. The van der Waals surface area contributed by atoms with Crippen molar-refractivity contribution in [2.75, 3.05) is 11.5 Å². The molecule has 5 rings (SSSR count). The summed E-state index contributed by atoms with van der Waals surface area (Å²) in [6.45, 7) is 2.06. The number of hydrogen-bond acceptors (Lipinski definition) is 5. The number of carbonyl (C=O) groups is 3. The van der Waals surface area contributed by atoms with E-state index in [9.17, 15) is 14.4 Å². The zero-order valence-electron chi connectivity index (χ0n) is 14.7. The number of aryl methyl sites for hydroxylation is 1.